The number of rotatable bonds is 9. The molecule has 1 rings (SSSR count). The Kier molecular flexibility index (Phi) is 7.33. The first kappa shape index (κ1) is 16.9. The molecule has 0 radical (unpaired) electrons. The second-order valence-corrected chi connectivity index (χ2v) is 6.14. The van der Waals surface area contributed by atoms with Gasteiger partial charge in [0.05, 0.1) is 0 Å². The van der Waals surface area contributed by atoms with Crippen molar-refractivity contribution >= 4 is 0 Å². The van der Waals surface area contributed by atoms with Crippen molar-refractivity contribution in [3.8, 4) is 0 Å². The Balaban J connectivity index is 2.54. The molecule has 1 unspecified atom stereocenters. The third-order valence-electron chi connectivity index (χ3n) is 5.19. The van der Waals surface area contributed by atoms with Crippen LogP contribution in [0.2, 0.25) is 0 Å². The van der Waals surface area contributed by atoms with Crippen molar-refractivity contribution in [3.05, 3.63) is 0 Å². The van der Waals surface area contributed by atoms with Crippen LogP contribution < -0.4 is 5.32 Å². The smallest absolute Gasteiger partial charge is 0.0235 e. The van der Waals surface area contributed by atoms with E-state index in [1.54, 1.807) is 0 Å². The van der Waals surface area contributed by atoms with Crippen LogP contribution in [0.25, 0.3) is 0 Å². The zero-order chi connectivity index (χ0) is 14.3. The summed E-state index contributed by atoms with van der Waals surface area (Å²) >= 11 is 0. The van der Waals surface area contributed by atoms with E-state index >= 15 is 0 Å². The first-order valence-corrected chi connectivity index (χ1v) is 8.25. The van der Waals surface area contributed by atoms with Gasteiger partial charge >= 0.3 is 0 Å². The normalized spacial score (nSPS) is 21.5. The van der Waals surface area contributed by atoms with E-state index in [1.807, 2.05) is 0 Å². The second-order valence-electron chi connectivity index (χ2n) is 6.14. The highest BCUT2D eigenvalue weighted by molar-refractivity contribution is 4.88. The van der Waals surface area contributed by atoms with Crippen LogP contribution in [-0.2, 0) is 0 Å². The van der Waals surface area contributed by atoms with E-state index in [1.165, 1.54) is 52.0 Å². The van der Waals surface area contributed by atoms with E-state index in [9.17, 15) is 0 Å². The fourth-order valence-electron chi connectivity index (χ4n) is 3.62. The zero-order valence-corrected chi connectivity index (χ0v) is 13.8. The van der Waals surface area contributed by atoms with Gasteiger partial charge in [-0.2, -0.15) is 0 Å². The van der Waals surface area contributed by atoms with Crippen LogP contribution in [0.3, 0.4) is 0 Å². The number of hydrogen-bond acceptors (Lipinski definition) is 3. The first-order valence-electron chi connectivity index (χ1n) is 8.25. The fourth-order valence-corrected chi connectivity index (χ4v) is 3.62. The number of likely N-dealkylation sites (tertiary alicyclic amines) is 1. The summed E-state index contributed by atoms with van der Waals surface area (Å²) in [5.41, 5.74) is 0.465. The molecule has 0 aromatic rings. The molecule has 3 nitrogen and oxygen atoms in total. The number of hydrogen-bond donors (Lipinski definition) is 1. The van der Waals surface area contributed by atoms with Gasteiger partial charge in [-0.25, -0.2) is 0 Å². The topological polar surface area (TPSA) is 18.5 Å². The Bertz CT molecular complexity index is 234. The fraction of sp³-hybridized carbons (Fsp3) is 1.00. The summed E-state index contributed by atoms with van der Waals surface area (Å²) in [5.74, 6) is 0. The quantitative estimate of drug-likeness (QED) is 0.693. The molecule has 0 saturated carbocycles. The van der Waals surface area contributed by atoms with Gasteiger partial charge in [-0.15, -0.1) is 0 Å². The van der Waals surface area contributed by atoms with E-state index in [0.29, 0.717) is 5.41 Å². The van der Waals surface area contributed by atoms with Crippen LogP contribution in [0, 0.1) is 5.41 Å². The predicted molar refractivity (Wildman–Crippen MR) is 84.7 cm³/mol. The lowest BCUT2D eigenvalue weighted by Gasteiger charge is -2.36. The minimum Gasteiger partial charge on any atom is -0.319 e. The summed E-state index contributed by atoms with van der Waals surface area (Å²) in [4.78, 5) is 5.32. The third-order valence-corrected chi connectivity index (χ3v) is 5.19. The highest BCUT2D eigenvalue weighted by atomic mass is 15.3. The van der Waals surface area contributed by atoms with Gasteiger partial charge in [-0.3, -0.25) is 4.90 Å². The molecule has 1 fully saturated rings. The average Bonchev–Trinajstić information content (AvgIpc) is 2.88. The van der Waals surface area contributed by atoms with Crippen LogP contribution >= 0.6 is 0 Å². The van der Waals surface area contributed by atoms with Crippen LogP contribution in [0.15, 0.2) is 0 Å². The molecule has 114 valence electrons. The maximum atomic E-state index is 3.40. The summed E-state index contributed by atoms with van der Waals surface area (Å²) in [5, 5.41) is 3.40. The van der Waals surface area contributed by atoms with Crippen molar-refractivity contribution in [1.29, 1.82) is 0 Å². The molecular weight excluding hydrogens is 234 g/mol. The lowest BCUT2D eigenvalue weighted by molar-refractivity contribution is 0.143. The summed E-state index contributed by atoms with van der Waals surface area (Å²) in [7, 11) is 2.09. The lowest BCUT2D eigenvalue weighted by Crippen LogP contribution is -2.44. The Morgan fingerprint density at radius 2 is 1.79 bits per heavy atom. The first-order chi connectivity index (χ1) is 9.14. The minimum atomic E-state index is 0.465. The monoisotopic (exact) mass is 269 g/mol. The van der Waals surface area contributed by atoms with Crippen molar-refractivity contribution in [1.82, 2.24) is 15.1 Å². The van der Waals surface area contributed by atoms with Gasteiger partial charge in [-0.05, 0) is 51.4 Å². The van der Waals surface area contributed by atoms with Gasteiger partial charge in [0.15, 0.2) is 0 Å². The lowest BCUT2D eigenvalue weighted by atomic mass is 9.81. The van der Waals surface area contributed by atoms with Crippen molar-refractivity contribution in [2.75, 3.05) is 46.3 Å². The molecule has 0 aliphatic carbocycles. The summed E-state index contributed by atoms with van der Waals surface area (Å²) in [6.45, 7) is 16.6. The molecule has 0 bridgehead atoms. The molecule has 19 heavy (non-hydrogen) atoms. The maximum Gasteiger partial charge on any atom is 0.0235 e. The molecule has 0 amide bonds. The number of likely N-dealkylation sites (N-methyl/N-ethyl adjacent to an activating group) is 1. The van der Waals surface area contributed by atoms with Crippen LogP contribution in [0.4, 0.5) is 0 Å². The average molecular weight is 269 g/mol. The molecular formula is C16H35N3. The summed E-state index contributed by atoms with van der Waals surface area (Å²) in [6.07, 6.45) is 3.90. The van der Waals surface area contributed by atoms with E-state index < -0.39 is 0 Å². The van der Waals surface area contributed by atoms with Gasteiger partial charge < -0.3 is 10.2 Å². The maximum absolute atomic E-state index is 3.40. The van der Waals surface area contributed by atoms with Crippen molar-refractivity contribution in [3.63, 3.8) is 0 Å². The molecule has 1 saturated heterocycles. The van der Waals surface area contributed by atoms with Gasteiger partial charge in [0.25, 0.3) is 0 Å². The highest BCUT2D eigenvalue weighted by Crippen LogP contribution is 2.29. The summed E-state index contributed by atoms with van der Waals surface area (Å²) < 4.78 is 0. The van der Waals surface area contributed by atoms with Gasteiger partial charge in [0.2, 0.25) is 0 Å². The summed E-state index contributed by atoms with van der Waals surface area (Å²) in [6, 6.07) is 0.788. The number of nitrogens with one attached hydrogen (secondary N) is 1. The minimum absolute atomic E-state index is 0.465. The Labute approximate surface area is 120 Å². The molecule has 3 heteroatoms. The van der Waals surface area contributed by atoms with Crippen LogP contribution in [-0.4, -0.2) is 62.2 Å². The Morgan fingerprint density at radius 3 is 2.26 bits per heavy atom. The SMILES string of the molecule is CCN(CC)C1CCN(CC(CC)(CC)CNC)C1. The molecule has 0 aromatic carbocycles. The molecule has 1 aliphatic heterocycles. The zero-order valence-electron chi connectivity index (χ0n) is 13.8. The van der Waals surface area contributed by atoms with Crippen LogP contribution in [0.1, 0.15) is 47.0 Å². The van der Waals surface area contributed by atoms with E-state index in [4.69, 9.17) is 0 Å². The van der Waals surface area contributed by atoms with E-state index in [-0.39, 0.29) is 0 Å². The van der Waals surface area contributed by atoms with Crippen molar-refractivity contribution < 1.29 is 0 Å². The van der Waals surface area contributed by atoms with E-state index in [2.05, 4.69) is 49.9 Å². The van der Waals surface area contributed by atoms with Crippen molar-refractivity contribution in [2.45, 2.75) is 53.0 Å². The molecule has 0 aromatic heterocycles. The molecule has 0 spiro atoms. The van der Waals surface area contributed by atoms with Gasteiger partial charge in [0.1, 0.15) is 0 Å². The Hall–Kier alpha value is -0.120. The standard InChI is InChI=1S/C16H35N3/c1-6-16(7-2,13-17-5)14-18-11-10-15(12-18)19(8-3)9-4/h15,17H,6-14H2,1-5H3. The number of nitrogens with zero attached hydrogens (tertiary/aromatic N) is 2. The van der Waals surface area contributed by atoms with Gasteiger partial charge in [0, 0.05) is 25.7 Å². The Morgan fingerprint density at radius 1 is 1.16 bits per heavy atom. The molecule has 1 aliphatic rings. The van der Waals surface area contributed by atoms with Gasteiger partial charge in [-0.1, -0.05) is 27.7 Å². The molecule has 1 atom stereocenters. The largest absolute Gasteiger partial charge is 0.319 e. The molecule has 1 heterocycles. The van der Waals surface area contributed by atoms with Crippen molar-refractivity contribution in [2.24, 2.45) is 5.41 Å². The highest BCUT2D eigenvalue weighted by Gasteiger charge is 2.33. The predicted octanol–water partition coefficient (Wildman–Crippen LogP) is 2.43. The van der Waals surface area contributed by atoms with E-state index in [0.717, 1.165) is 12.6 Å². The third kappa shape index (κ3) is 4.44. The van der Waals surface area contributed by atoms with Crippen LogP contribution in [0.5, 0.6) is 0 Å². The second kappa shape index (κ2) is 8.23. The molecule has 1 N–H and O–H groups in total.